The van der Waals surface area contributed by atoms with E-state index in [1.807, 2.05) is 81.1 Å². The summed E-state index contributed by atoms with van der Waals surface area (Å²) in [5.41, 5.74) is 2.71. The second-order valence-corrected chi connectivity index (χ2v) is 7.48. The van der Waals surface area contributed by atoms with Crippen LogP contribution in [0.4, 0.5) is 5.69 Å². The predicted octanol–water partition coefficient (Wildman–Crippen LogP) is 3.92. The quantitative estimate of drug-likeness (QED) is 0.622. The van der Waals surface area contributed by atoms with E-state index < -0.39 is 6.04 Å². The maximum Gasteiger partial charge on any atom is 0.238 e. The molecule has 0 saturated carbocycles. The number of hydrogen-bond donors (Lipinski definition) is 2. The van der Waals surface area contributed by atoms with Gasteiger partial charge in [-0.05, 0) is 51.4 Å². The summed E-state index contributed by atoms with van der Waals surface area (Å²) in [6, 6.07) is 14.6. The lowest BCUT2D eigenvalue weighted by molar-refractivity contribution is -0.127. The Balaban J connectivity index is 2.02. The van der Waals surface area contributed by atoms with E-state index in [2.05, 4.69) is 10.6 Å². The first-order valence-electron chi connectivity index (χ1n) is 10.4. The number of nitrogens with one attached hydrogen (secondary N) is 2. The van der Waals surface area contributed by atoms with Crippen LogP contribution in [0.5, 0.6) is 5.75 Å². The van der Waals surface area contributed by atoms with Crippen LogP contribution in [0, 0.1) is 6.92 Å². The summed E-state index contributed by atoms with van der Waals surface area (Å²) < 4.78 is 5.40. The number of rotatable bonds is 10. The average Bonchev–Trinajstić information content (AvgIpc) is 2.74. The van der Waals surface area contributed by atoms with Crippen molar-refractivity contribution in [2.24, 2.45) is 0 Å². The van der Waals surface area contributed by atoms with Gasteiger partial charge in [0.15, 0.2) is 0 Å². The summed E-state index contributed by atoms with van der Waals surface area (Å²) in [6.07, 6.45) is 0.845. The number of ether oxygens (including phenoxy) is 1. The van der Waals surface area contributed by atoms with Crippen molar-refractivity contribution >= 4 is 17.5 Å². The van der Waals surface area contributed by atoms with Crippen LogP contribution in [0.15, 0.2) is 48.5 Å². The van der Waals surface area contributed by atoms with Crippen molar-refractivity contribution in [3.63, 3.8) is 0 Å². The van der Waals surface area contributed by atoms with Crippen molar-refractivity contribution in [1.82, 2.24) is 10.2 Å². The number of hydrogen-bond acceptors (Lipinski definition) is 4. The molecule has 0 aliphatic carbocycles. The van der Waals surface area contributed by atoms with E-state index >= 15 is 0 Å². The van der Waals surface area contributed by atoms with Crippen LogP contribution in [0.1, 0.15) is 44.4 Å². The molecule has 0 spiro atoms. The molecular weight excluding hydrogens is 378 g/mol. The molecule has 2 rings (SSSR count). The summed E-state index contributed by atoms with van der Waals surface area (Å²) in [4.78, 5) is 27.4. The van der Waals surface area contributed by atoms with Gasteiger partial charge in [0.25, 0.3) is 0 Å². The molecule has 0 aromatic heterocycles. The lowest BCUT2D eigenvalue weighted by Gasteiger charge is -2.29. The fraction of sp³-hybridized carbons (Fsp3) is 0.417. The van der Waals surface area contributed by atoms with Gasteiger partial charge in [-0.1, -0.05) is 43.3 Å². The lowest BCUT2D eigenvalue weighted by Crippen LogP contribution is -2.48. The van der Waals surface area contributed by atoms with E-state index in [-0.39, 0.29) is 24.4 Å². The Kier molecular flexibility index (Phi) is 8.87. The molecule has 2 atom stereocenters. The minimum absolute atomic E-state index is 0.120. The van der Waals surface area contributed by atoms with Gasteiger partial charge in [0.2, 0.25) is 11.8 Å². The van der Waals surface area contributed by atoms with Gasteiger partial charge in [0.1, 0.15) is 5.75 Å². The molecule has 2 N–H and O–H groups in total. The van der Waals surface area contributed by atoms with E-state index in [0.29, 0.717) is 6.54 Å². The topological polar surface area (TPSA) is 70.7 Å². The Morgan fingerprint density at radius 1 is 1.07 bits per heavy atom. The Bertz CT molecular complexity index is 853. The van der Waals surface area contributed by atoms with Crippen LogP contribution in [-0.2, 0) is 9.59 Å². The van der Waals surface area contributed by atoms with Gasteiger partial charge in [0.05, 0.1) is 25.7 Å². The number of nitrogens with zero attached hydrogens (tertiary/aromatic N) is 1. The molecule has 162 valence electrons. The van der Waals surface area contributed by atoms with E-state index in [4.69, 9.17) is 4.74 Å². The summed E-state index contributed by atoms with van der Waals surface area (Å²) in [5, 5.41) is 6.00. The highest BCUT2D eigenvalue weighted by atomic mass is 16.5. The van der Waals surface area contributed by atoms with Crippen molar-refractivity contribution in [2.45, 2.75) is 46.2 Å². The third-order valence-electron chi connectivity index (χ3n) is 5.17. The highest BCUT2D eigenvalue weighted by Crippen LogP contribution is 2.24. The van der Waals surface area contributed by atoms with Crippen LogP contribution in [0.25, 0.3) is 0 Å². The number of carbonyl (C=O) groups is 2. The van der Waals surface area contributed by atoms with Crippen molar-refractivity contribution < 1.29 is 14.3 Å². The maximum absolute atomic E-state index is 12.9. The van der Waals surface area contributed by atoms with Gasteiger partial charge < -0.3 is 15.4 Å². The zero-order valence-electron chi connectivity index (χ0n) is 18.6. The molecule has 0 aliphatic rings. The Morgan fingerprint density at radius 2 is 1.73 bits per heavy atom. The molecule has 2 unspecified atom stereocenters. The number of benzene rings is 2. The largest absolute Gasteiger partial charge is 0.496 e. The summed E-state index contributed by atoms with van der Waals surface area (Å²) in [7, 11) is 1.62. The number of methoxy groups -OCH3 is 1. The first-order chi connectivity index (χ1) is 14.4. The SMILES string of the molecule is CCCN(CC(=O)Nc1ccccc1C)C(C)C(=O)NC(C)c1ccccc1OC. The van der Waals surface area contributed by atoms with Gasteiger partial charge in [-0.2, -0.15) is 0 Å². The number of anilines is 1. The summed E-state index contributed by atoms with van der Waals surface area (Å²) in [5.74, 6) is 0.488. The average molecular weight is 412 g/mol. The first-order valence-corrected chi connectivity index (χ1v) is 10.4. The molecule has 2 aromatic rings. The molecule has 0 saturated heterocycles. The number of aryl methyl sites for hydroxylation is 1. The molecule has 0 radical (unpaired) electrons. The van der Waals surface area contributed by atoms with Crippen molar-refractivity contribution in [3.8, 4) is 5.75 Å². The predicted molar refractivity (Wildman–Crippen MR) is 121 cm³/mol. The number of carbonyl (C=O) groups excluding carboxylic acids is 2. The van der Waals surface area contributed by atoms with Gasteiger partial charge in [-0.3, -0.25) is 14.5 Å². The fourth-order valence-electron chi connectivity index (χ4n) is 3.39. The first kappa shape index (κ1) is 23.4. The van der Waals surface area contributed by atoms with Crippen LogP contribution in [-0.4, -0.2) is 43.0 Å². The third kappa shape index (κ3) is 6.32. The molecule has 6 heteroatoms. The molecule has 2 aromatic carbocycles. The van der Waals surface area contributed by atoms with E-state index in [1.165, 1.54) is 0 Å². The summed E-state index contributed by atoms with van der Waals surface area (Å²) in [6.45, 7) is 8.56. The standard InChI is InChI=1S/C24H33N3O3/c1-6-15-27(16-23(28)26-21-13-9-7-11-17(21)2)19(4)24(29)25-18(3)20-12-8-10-14-22(20)30-5/h7-14,18-19H,6,15-16H2,1-5H3,(H,25,29)(H,26,28). The minimum Gasteiger partial charge on any atom is -0.496 e. The Labute approximate surface area is 179 Å². The van der Waals surface area contributed by atoms with E-state index in [9.17, 15) is 9.59 Å². The van der Waals surface area contributed by atoms with Crippen LogP contribution in [0.3, 0.4) is 0 Å². The molecule has 0 bridgehead atoms. The second kappa shape index (κ2) is 11.4. The summed E-state index contributed by atoms with van der Waals surface area (Å²) >= 11 is 0. The molecule has 0 heterocycles. The highest BCUT2D eigenvalue weighted by molar-refractivity contribution is 5.93. The van der Waals surface area contributed by atoms with Gasteiger partial charge >= 0.3 is 0 Å². The van der Waals surface area contributed by atoms with Crippen LogP contribution >= 0.6 is 0 Å². The normalized spacial score (nSPS) is 12.9. The fourth-order valence-corrected chi connectivity index (χ4v) is 3.39. The van der Waals surface area contributed by atoms with Gasteiger partial charge in [-0.25, -0.2) is 0 Å². The molecule has 0 aliphatic heterocycles. The van der Waals surface area contributed by atoms with Gasteiger partial charge in [0, 0.05) is 11.3 Å². The van der Waals surface area contributed by atoms with E-state index in [1.54, 1.807) is 7.11 Å². The molecular formula is C24H33N3O3. The van der Waals surface area contributed by atoms with Crippen molar-refractivity contribution in [1.29, 1.82) is 0 Å². The monoisotopic (exact) mass is 411 g/mol. The number of amides is 2. The molecule has 30 heavy (non-hydrogen) atoms. The zero-order chi connectivity index (χ0) is 22.1. The molecule has 0 fully saturated rings. The maximum atomic E-state index is 12.9. The molecule has 6 nitrogen and oxygen atoms in total. The number of para-hydroxylation sites is 2. The zero-order valence-corrected chi connectivity index (χ0v) is 18.6. The van der Waals surface area contributed by atoms with Crippen molar-refractivity contribution in [2.75, 3.05) is 25.5 Å². The lowest BCUT2D eigenvalue weighted by atomic mass is 10.1. The third-order valence-corrected chi connectivity index (χ3v) is 5.17. The van der Waals surface area contributed by atoms with Crippen LogP contribution in [0.2, 0.25) is 0 Å². The Hall–Kier alpha value is -2.86. The minimum atomic E-state index is -0.440. The second-order valence-electron chi connectivity index (χ2n) is 7.48. The molecule has 2 amide bonds. The highest BCUT2D eigenvalue weighted by Gasteiger charge is 2.25. The van der Waals surface area contributed by atoms with Crippen molar-refractivity contribution in [3.05, 3.63) is 59.7 Å². The van der Waals surface area contributed by atoms with Crippen LogP contribution < -0.4 is 15.4 Å². The smallest absolute Gasteiger partial charge is 0.238 e. The van der Waals surface area contributed by atoms with Gasteiger partial charge in [-0.15, -0.1) is 0 Å². The Morgan fingerprint density at radius 3 is 2.40 bits per heavy atom. The van der Waals surface area contributed by atoms with E-state index in [0.717, 1.165) is 29.0 Å².